The summed E-state index contributed by atoms with van der Waals surface area (Å²) in [5, 5.41) is 4.32. The molecule has 4 nitrogen and oxygen atoms in total. The van der Waals surface area contributed by atoms with Crippen molar-refractivity contribution in [3.05, 3.63) is 54.6 Å². The summed E-state index contributed by atoms with van der Waals surface area (Å²) < 4.78 is 19.1. The van der Waals surface area contributed by atoms with E-state index in [2.05, 4.69) is 15.0 Å². The molecule has 1 aromatic carbocycles. The van der Waals surface area contributed by atoms with Crippen LogP contribution in [0, 0.1) is 5.82 Å². The van der Waals surface area contributed by atoms with E-state index in [9.17, 15) is 4.39 Å². The van der Waals surface area contributed by atoms with Crippen LogP contribution in [-0.4, -0.2) is 23.2 Å². The molecule has 0 bridgehead atoms. The molecule has 3 heterocycles. The minimum atomic E-state index is -0.250. The van der Waals surface area contributed by atoms with Crippen LogP contribution in [0.5, 0.6) is 0 Å². The lowest BCUT2D eigenvalue weighted by Gasteiger charge is -2.26. The number of aromatic nitrogens is 2. The van der Waals surface area contributed by atoms with Gasteiger partial charge in [0, 0.05) is 31.0 Å². The van der Waals surface area contributed by atoms with Crippen molar-refractivity contribution in [1.29, 1.82) is 0 Å². The number of piperidine rings is 1. The van der Waals surface area contributed by atoms with Crippen LogP contribution in [0.3, 0.4) is 0 Å². The quantitative estimate of drug-likeness (QED) is 0.710. The van der Waals surface area contributed by atoms with Gasteiger partial charge in [0.1, 0.15) is 11.5 Å². The molecule has 4 rings (SSSR count). The standard InChI is InChI=1S/C19H18FN3O/c20-16-6-4-14(5-7-16)17-18(15-8-10-21-11-9-15)22-24-19(17)23-12-2-1-3-13-23/h4-11H,1-3,12-13H2. The van der Waals surface area contributed by atoms with Gasteiger partial charge in [0.05, 0.1) is 5.56 Å². The molecule has 24 heavy (non-hydrogen) atoms. The van der Waals surface area contributed by atoms with Gasteiger partial charge in [0.2, 0.25) is 5.88 Å². The highest BCUT2D eigenvalue weighted by Gasteiger charge is 2.24. The number of benzene rings is 1. The summed E-state index contributed by atoms with van der Waals surface area (Å²) in [4.78, 5) is 6.30. The van der Waals surface area contributed by atoms with Crippen molar-refractivity contribution in [1.82, 2.24) is 10.1 Å². The molecule has 3 aromatic rings. The van der Waals surface area contributed by atoms with Gasteiger partial charge in [-0.2, -0.15) is 0 Å². The van der Waals surface area contributed by atoms with Crippen LogP contribution in [-0.2, 0) is 0 Å². The highest BCUT2D eigenvalue weighted by molar-refractivity contribution is 5.87. The molecule has 1 aliphatic rings. The predicted molar refractivity (Wildman–Crippen MR) is 91.2 cm³/mol. The molecular weight excluding hydrogens is 305 g/mol. The fourth-order valence-electron chi connectivity index (χ4n) is 3.18. The van der Waals surface area contributed by atoms with Gasteiger partial charge in [0.25, 0.3) is 0 Å². The maximum absolute atomic E-state index is 13.3. The lowest BCUT2D eigenvalue weighted by atomic mass is 10.0. The molecular formula is C19H18FN3O. The molecule has 0 radical (unpaired) electrons. The molecule has 122 valence electrons. The van der Waals surface area contributed by atoms with Crippen LogP contribution in [0.25, 0.3) is 22.4 Å². The number of hydrogen-bond donors (Lipinski definition) is 0. The fourth-order valence-corrected chi connectivity index (χ4v) is 3.18. The Balaban J connectivity index is 1.85. The lowest BCUT2D eigenvalue weighted by molar-refractivity contribution is 0.407. The zero-order valence-electron chi connectivity index (χ0n) is 13.3. The number of hydrogen-bond acceptors (Lipinski definition) is 4. The minimum Gasteiger partial charge on any atom is -0.340 e. The van der Waals surface area contributed by atoms with Gasteiger partial charge in [-0.05, 0) is 49.1 Å². The van der Waals surface area contributed by atoms with E-state index in [1.807, 2.05) is 12.1 Å². The van der Waals surface area contributed by atoms with Gasteiger partial charge in [0.15, 0.2) is 0 Å². The Morgan fingerprint density at radius 1 is 0.875 bits per heavy atom. The zero-order chi connectivity index (χ0) is 16.4. The second kappa shape index (κ2) is 6.43. The number of anilines is 1. The van der Waals surface area contributed by atoms with E-state index in [1.54, 1.807) is 24.5 Å². The third-order valence-electron chi connectivity index (χ3n) is 4.40. The molecule has 2 aromatic heterocycles. The highest BCUT2D eigenvalue weighted by atomic mass is 19.1. The van der Waals surface area contributed by atoms with Crippen LogP contribution < -0.4 is 4.90 Å². The van der Waals surface area contributed by atoms with Crippen molar-refractivity contribution in [2.45, 2.75) is 19.3 Å². The molecule has 0 spiro atoms. The molecule has 0 N–H and O–H groups in total. The summed E-state index contributed by atoms with van der Waals surface area (Å²) in [6, 6.07) is 10.3. The second-order valence-corrected chi connectivity index (χ2v) is 6.00. The first kappa shape index (κ1) is 14.9. The normalized spacial score (nSPS) is 14.8. The molecule has 0 atom stereocenters. The fraction of sp³-hybridized carbons (Fsp3) is 0.263. The molecule has 1 saturated heterocycles. The molecule has 1 aliphatic heterocycles. The van der Waals surface area contributed by atoms with Gasteiger partial charge >= 0.3 is 0 Å². The Morgan fingerprint density at radius 2 is 1.58 bits per heavy atom. The van der Waals surface area contributed by atoms with Crippen LogP contribution >= 0.6 is 0 Å². The molecule has 0 amide bonds. The molecule has 5 heteroatoms. The number of rotatable bonds is 3. The van der Waals surface area contributed by atoms with E-state index in [0.717, 1.165) is 54.2 Å². The first-order valence-corrected chi connectivity index (χ1v) is 8.24. The largest absolute Gasteiger partial charge is 0.340 e. The van der Waals surface area contributed by atoms with Crippen molar-refractivity contribution in [2.24, 2.45) is 0 Å². The summed E-state index contributed by atoms with van der Waals surface area (Å²) in [5.74, 6) is 0.522. The van der Waals surface area contributed by atoms with Crippen molar-refractivity contribution in [3.63, 3.8) is 0 Å². The average Bonchev–Trinajstić information content (AvgIpc) is 3.09. The van der Waals surface area contributed by atoms with Crippen LogP contribution in [0.4, 0.5) is 10.3 Å². The minimum absolute atomic E-state index is 0.250. The van der Waals surface area contributed by atoms with Crippen molar-refractivity contribution < 1.29 is 8.91 Å². The maximum atomic E-state index is 13.3. The summed E-state index contributed by atoms with van der Waals surface area (Å²) >= 11 is 0. The third kappa shape index (κ3) is 2.77. The van der Waals surface area contributed by atoms with Crippen LogP contribution in [0.15, 0.2) is 53.3 Å². The summed E-state index contributed by atoms with van der Waals surface area (Å²) in [6.45, 7) is 1.92. The third-order valence-corrected chi connectivity index (χ3v) is 4.40. The Hall–Kier alpha value is -2.69. The van der Waals surface area contributed by atoms with E-state index in [1.165, 1.54) is 18.6 Å². The first-order chi connectivity index (χ1) is 11.8. The van der Waals surface area contributed by atoms with Crippen LogP contribution in [0.1, 0.15) is 19.3 Å². The highest BCUT2D eigenvalue weighted by Crippen LogP contribution is 2.40. The Morgan fingerprint density at radius 3 is 2.29 bits per heavy atom. The van der Waals surface area contributed by atoms with Gasteiger partial charge in [-0.3, -0.25) is 4.98 Å². The number of pyridine rings is 1. The van der Waals surface area contributed by atoms with E-state index in [0.29, 0.717) is 0 Å². The topological polar surface area (TPSA) is 42.2 Å². The van der Waals surface area contributed by atoms with Crippen molar-refractivity contribution >= 4 is 5.88 Å². The van der Waals surface area contributed by atoms with Gasteiger partial charge in [-0.15, -0.1) is 0 Å². The van der Waals surface area contributed by atoms with Gasteiger partial charge < -0.3 is 9.42 Å². The molecule has 0 saturated carbocycles. The SMILES string of the molecule is Fc1ccc(-c2c(-c3ccncc3)noc2N2CCCCC2)cc1. The summed E-state index contributed by atoms with van der Waals surface area (Å²) in [5.41, 5.74) is 3.54. The monoisotopic (exact) mass is 323 g/mol. The van der Waals surface area contributed by atoms with E-state index in [-0.39, 0.29) is 5.82 Å². The molecule has 0 unspecified atom stereocenters. The van der Waals surface area contributed by atoms with Crippen LogP contribution in [0.2, 0.25) is 0 Å². The number of halogens is 1. The van der Waals surface area contributed by atoms with Gasteiger partial charge in [-0.1, -0.05) is 17.3 Å². The van der Waals surface area contributed by atoms with Crippen molar-refractivity contribution in [2.75, 3.05) is 18.0 Å². The summed E-state index contributed by atoms with van der Waals surface area (Å²) in [6.07, 6.45) is 7.01. The van der Waals surface area contributed by atoms with E-state index in [4.69, 9.17) is 4.52 Å². The average molecular weight is 323 g/mol. The first-order valence-electron chi connectivity index (χ1n) is 8.24. The maximum Gasteiger partial charge on any atom is 0.235 e. The summed E-state index contributed by atoms with van der Waals surface area (Å²) in [7, 11) is 0. The zero-order valence-corrected chi connectivity index (χ0v) is 13.3. The number of nitrogens with zero attached hydrogens (tertiary/aromatic N) is 3. The molecule has 1 fully saturated rings. The van der Waals surface area contributed by atoms with Crippen molar-refractivity contribution in [3.8, 4) is 22.4 Å². The van der Waals surface area contributed by atoms with Gasteiger partial charge in [-0.25, -0.2) is 4.39 Å². The Kier molecular flexibility index (Phi) is 3.99. The van der Waals surface area contributed by atoms with E-state index >= 15 is 0 Å². The smallest absolute Gasteiger partial charge is 0.235 e. The second-order valence-electron chi connectivity index (χ2n) is 6.00. The predicted octanol–water partition coefficient (Wildman–Crippen LogP) is 4.53. The Bertz CT molecular complexity index is 808. The lowest BCUT2D eigenvalue weighted by Crippen LogP contribution is -2.29. The Labute approximate surface area is 139 Å². The van der Waals surface area contributed by atoms with E-state index < -0.39 is 0 Å². The molecule has 0 aliphatic carbocycles.